The number of ether oxygens (including phenoxy) is 2. The largest absolute Gasteiger partial charge is 0.446 e. The summed E-state index contributed by atoms with van der Waals surface area (Å²) in [5.41, 5.74) is 0.364. The van der Waals surface area contributed by atoms with Gasteiger partial charge in [-0.15, -0.1) is 0 Å². The van der Waals surface area contributed by atoms with Crippen molar-refractivity contribution in [2.24, 2.45) is 7.05 Å². The first-order valence-corrected chi connectivity index (χ1v) is 14.9. The molecule has 15 heteroatoms. The molecule has 0 radical (unpaired) electrons. The summed E-state index contributed by atoms with van der Waals surface area (Å²) in [6, 6.07) is 10.1. The topological polar surface area (TPSA) is 139 Å². The van der Waals surface area contributed by atoms with Crippen LogP contribution in [0.25, 0.3) is 11.1 Å². The summed E-state index contributed by atoms with van der Waals surface area (Å²) in [6.45, 7) is 0.653. The molecule has 1 unspecified atom stereocenters. The first kappa shape index (κ1) is 34.5. The first-order valence-electron chi connectivity index (χ1n) is 14.3. The molecule has 2 N–H and O–H groups in total. The van der Waals surface area contributed by atoms with Crippen LogP contribution >= 0.6 is 12.6 Å². The zero-order valence-corrected chi connectivity index (χ0v) is 26.1. The SMILES string of the molecule is CC1CCCO1.Cn1cc(CNCS)cc(C(=O)Nc2cc(-c3ccc(C#N)cc3C(=O)N3CC(F)(F)C3)cc(OCF)n2)c1=O.[HH].[HH]. The second kappa shape index (κ2) is 15.3. The number of carbonyl (C=O) groups is 2. The Bertz CT molecular complexity index is 1690. The molecule has 2 aromatic heterocycles. The lowest BCUT2D eigenvalue weighted by Gasteiger charge is -2.39. The number of likely N-dealkylation sites (tertiary alicyclic amines) is 1. The normalized spacial score (nSPS) is 16.5. The van der Waals surface area contributed by atoms with Crippen LogP contribution in [0.5, 0.6) is 5.88 Å². The highest BCUT2D eigenvalue weighted by molar-refractivity contribution is 7.80. The molecular formula is C31H37F3N6O5S. The minimum atomic E-state index is -3.00. The molecule has 2 aliphatic heterocycles. The smallest absolute Gasteiger partial charge is 0.282 e. The van der Waals surface area contributed by atoms with Gasteiger partial charge < -0.3 is 29.6 Å². The highest BCUT2D eigenvalue weighted by Crippen LogP contribution is 2.34. The van der Waals surface area contributed by atoms with E-state index in [1.54, 1.807) is 6.20 Å². The molecular weight excluding hydrogens is 625 g/mol. The number of carbonyl (C=O) groups excluding carboxylic acids is 2. The van der Waals surface area contributed by atoms with E-state index in [0.717, 1.165) is 11.5 Å². The van der Waals surface area contributed by atoms with E-state index in [0.29, 0.717) is 24.1 Å². The Hall–Kier alpha value is -4.39. The van der Waals surface area contributed by atoms with Crippen LogP contribution in [0, 0.1) is 11.3 Å². The molecule has 5 rings (SSSR count). The number of aryl methyl sites for hydroxylation is 1. The number of anilines is 1. The van der Waals surface area contributed by atoms with Crippen LogP contribution in [-0.4, -0.2) is 70.7 Å². The van der Waals surface area contributed by atoms with Gasteiger partial charge in [-0.05, 0) is 60.7 Å². The number of benzene rings is 1. The summed E-state index contributed by atoms with van der Waals surface area (Å²) in [7, 11) is 1.49. The van der Waals surface area contributed by atoms with Gasteiger partial charge in [-0.2, -0.15) is 22.9 Å². The molecule has 46 heavy (non-hydrogen) atoms. The van der Waals surface area contributed by atoms with Gasteiger partial charge in [-0.3, -0.25) is 14.4 Å². The second-order valence-electron chi connectivity index (χ2n) is 10.8. The van der Waals surface area contributed by atoms with Crippen molar-refractivity contribution in [2.75, 3.05) is 37.8 Å². The molecule has 11 nitrogen and oxygen atoms in total. The van der Waals surface area contributed by atoms with Gasteiger partial charge in [0.2, 0.25) is 12.7 Å². The van der Waals surface area contributed by atoms with E-state index in [4.69, 9.17) is 9.47 Å². The number of amides is 2. The van der Waals surface area contributed by atoms with Gasteiger partial charge in [0, 0.05) is 46.8 Å². The summed E-state index contributed by atoms with van der Waals surface area (Å²) in [4.78, 5) is 43.8. The number of thiol groups is 1. The lowest BCUT2D eigenvalue weighted by molar-refractivity contribution is -0.113. The monoisotopic (exact) mass is 662 g/mol. The van der Waals surface area contributed by atoms with Gasteiger partial charge >= 0.3 is 0 Å². The predicted molar refractivity (Wildman–Crippen MR) is 171 cm³/mol. The Morgan fingerprint density at radius 2 is 2.00 bits per heavy atom. The van der Waals surface area contributed by atoms with Crippen LogP contribution in [-0.2, 0) is 18.3 Å². The molecule has 2 saturated heterocycles. The standard InChI is InChI=1S/C26H23F3N6O4S.C5H10O.2H2/c1-34-10-16(9-31-14-40)5-20(24(34)37)23(36)33-21-6-17(7-22(32-21)39-13-27)18-3-2-15(8-30)4-19(18)25(38)35-11-26(28,29)12-35;1-5-3-2-4-6-5;;/h2-7,10,31,40H,9,11-14H2,1H3,(H,32,33,36);5H,2-4H2,1H3;2*1H. The molecule has 2 amide bonds. The molecule has 248 valence electrons. The Kier molecular flexibility index (Phi) is 11.4. The van der Waals surface area contributed by atoms with Gasteiger partial charge in [0.1, 0.15) is 11.4 Å². The quantitative estimate of drug-likeness (QED) is 0.223. The van der Waals surface area contributed by atoms with Crippen molar-refractivity contribution in [3.8, 4) is 23.1 Å². The van der Waals surface area contributed by atoms with Crippen LogP contribution in [0.1, 0.15) is 54.5 Å². The van der Waals surface area contributed by atoms with E-state index in [1.165, 1.54) is 60.9 Å². The van der Waals surface area contributed by atoms with Gasteiger partial charge in [0.15, 0.2) is 0 Å². The van der Waals surface area contributed by atoms with Crippen LogP contribution in [0.15, 0.2) is 47.4 Å². The number of nitrogens with one attached hydrogen (secondary N) is 2. The third-order valence-corrected chi connectivity index (χ3v) is 7.37. The van der Waals surface area contributed by atoms with Crippen molar-refractivity contribution in [3.63, 3.8) is 0 Å². The molecule has 0 aliphatic carbocycles. The summed E-state index contributed by atoms with van der Waals surface area (Å²) < 4.78 is 51.3. The van der Waals surface area contributed by atoms with E-state index in [2.05, 4.69) is 35.2 Å². The number of aromatic nitrogens is 2. The van der Waals surface area contributed by atoms with E-state index in [1.807, 2.05) is 6.07 Å². The molecule has 4 heterocycles. The summed E-state index contributed by atoms with van der Waals surface area (Å²) in [5.74, 6) is -4.56. The number of hydrogen-bond acceptors (Lipinski definition) is 9. The zero-order chi connectivity index (χ0) is 33.4. The maximum atomic E-state index is 13.4. The fourth-order valence-electron chi connectivity index (χ4n) is 4.89. The third-order valence-electron chi connectivity index (χ3n) is 7.15. The highest BCUT2D eigenvalue weighted by Gasteiger charge is 2.46. The van der Waals surface area contributed by atoms with Crippen molar-refractivity contribution >= 4 is 30.3 Å². The minimum absolute atomic E-state index is 0. The third kappa shape index (κ3) is 8.65. The zero-order valence-electron chi connectivity index (χ0n) is 25.2. The molecule has 0 saturated carbocycles. The molecule has 0 spiro atoms. The average Bonchev–Trinajstić information content (AvgIpc) is 3.50. The van der Waals surface area contributed by atoms with Crippen molar-refractivity contribution in [2.45, 2.75) is 38.3 Å². The molecule has 2 aliphatic rings. The van der Waals surface area contributed by atoms with Gasteiger partial charge in [0.25, 0.3) is 23.3 Å². The van der Waals surface area contributed by atoms with Crippen LogP contribution in [0.2, 0.25) is 0 Å². The molecule has 1 atom stereocenters. The number of pyridine rings is 2. The average molecular weight is 663 g/mol. The Labute approximate surface area is 271 Å². The van der Waals surface area contributed by atoms with Crippen molar-refractivity contribution in [3.05, 3.63) is 75.2 Å². The van der Waals surface area contributed by atoms with Crippen molar-refractivity contribution < 1.29 is 35.1 Å². The van der Waals surface area contributed by atoms with E-state index >= 15 is 0 Å². The number of nitrogens with zero attached hydrogens (tertiary/aromatic N) is 4. The van der Waals surface area contributed by atoms with Crippen LogP contribution < -0.4 is 20.9 Å². The first-order chi connectivity index (χ1) is 21.9. The van der Waals surface area contributed by atoms with Crippen LogP contribution in [0.4, 0.5) is 19.0 Å². The highest BCUT2D eigenvalue weighted by atomic mass is 32.1. The van der Waals surface area contributed by atoms with E-state index < -0.39 is 43.2 Å². The molecule has 2 fully saturated rings. The second-order valence-corrected chi connectivity index (χ2v) is 11.1. The number of alkyl halides is 3. The van der Waals surface area contributed by atoms with Gasteiger partial charge in [0.05, 0.1) is 30.8 Å². The lowest BCUT2D eigenvalue weighted by Crippen LogP contribution is -2.58. The maximum Gasteiger partial charge on any atom is 0.282 e. The Morgan fingerprint density at radius 1 is 1.24 bits per heavy atom. The van der Waals surface area contributed by atoms with Gasteiger partial charge in [-0.25, -0.2) is 13.2 Å². The number of hydrogen-bond donors (Lipinski definition) is 3. The Morgan fingerprint density at radius 3 is 2.59 bits per heavy atom. The number of nitriles is 1. The van der Waals surface area contributed by atoms with Crippen molar-refractivity contribution in [1.82, 2.24) is 19.8 Å². The summed E-state index contributed by atoms with van der Waals surface area (Å²) >= 11 is 4.08. The van der Waals surface area contributed by atoms with E-state index in [-0.39, 0.29) is 42.4 Å². The minimum Gasteiger partial charge on any atom is -0.446 e. The fourth-order valence-corrected chi connectivity index (χ4v) is 5.00. The maximum absolute atomic E-state index is 13.4. The molecule has 0 bridgehead atoms. The predicted octanol–water partition coefficient (Wildman–Crippen LogP) is 4.62. The van der Waals surface area contributed by atoms with Crippen molar-refractivity contribution in [1.29, 1.82) is 5.26 Å². The van der Waals surface area contributed by atoms with E-state index in [9.17, 15) is 32.8 Å². The number of halogens is 3. The number of rotatable bonds is 9. The summed E-state index contributed by atoms with van der Waals surface area (Å²) in [5, 5.41) is 14.8. The Balaban J connectivity index is 0.000000901. The fraction of sp³-hybridized carbons (Fsp3) is 0.387. The van der Waals surface area contributed by atoms with Gasteiger partial charge in [-0.1, -0.05) is 6.07 Å². The molecule has 3 aromatic rings. The van der Waals surface area contributed by atoms with Crippen LogP contribution in [0.3, 0.4) is 0 Å². The summed E-state index contributed by atoms with van der Waals surface area (Å²) in [6.07, 6.45) is 4.64. The molecule has 1 aromatic carbocycles. The lowest BCUT2D eigenvalue weighted by atomic mass is 9.96.